The summed E-state index contributed by atoms with van der Waals surface area (Å²) >= 11 is 1.65. The van der Waals surface area contributed by atoms with E-state index >= 15 is 0 Å². The molecule has 0 aromatic heterocycles. The molecule has 0 amide bonds. The predicted molar refractivity (Wildman–Crippen MR) is 50.0 cm³/mol. The largest absolute Gasteiger partial charge is 1.00 e. The van der Waals surface area contributed by atoms with E-state index in [4.69, 9.17) is 0 Å². The summed E-state index contributed by atoms with van der Waals surface area (Å²) in [5.74, 6) is 7.59. The zero-order valence-corrected chi connectivity index (χ0v) is 8.19. The second-order valence-corrected chi connectivity index (χ2v) is 2.89. The van der Waals surface area contributed by atoms with Crippen molar-refractivity contribution in [3.8, 4) is 11.8 Å². The van der Waals surface area contributed by atoms with Gasteiger partial charge in [-0.25, -0.2) is 0 Å². The van der Waals surface area contributed by atoms with E-state index in [1.54, 1.807) is 11.8 Å². The molecule has 0 saturated carbocycles. The quantitative estimate of drug-likeness (QED) is 0.258. The molecule has 0 heterocycles. The normalized spacial score (nSPS) is 7.42. The standard InChI is InChI=1S/C10H9S.Li/c1-2-3-9-11-10-7-5-4-6-8-10;/h4-9H,1H3;/q-1;+1. The maximum absolute atomic E-state index is 2.88. The molecule has 0 N–H and O–H groups in total. The van der Waals surface area contributed by atoms with Crippen LogP contribution in [-0.4, -0.2) is 0 Å². The zero-order valence-electron chi connectivity index (χ0n) is 7.37. The van der Waals surface area contributed by atoms with Crippen molar-refractivity contribution in [1.82, 2.24) is 0 Å². The molecule has 0 fully saturated rings. The van der Waals surface area contributed by atoms with Gasteiger partial charge >= 0.3 is 18.9 Å². The van der Waals surface area contributed by atoms with Crippen LogP contribution in [0.4, 0.5) is 0 Å². The molecule has 0 unspecified atom stereocenters. The van der Waals surface area contributed by atoms with Gasteiger partial charge in [0.05, 0.1) is 0 Å². The first kappa shape index (κ1) is 11.6. The summed E-state index contributed by atoms with van der Waals surface area (Å²) < 4.78 is 0. The second-order valence-electron chi connectivity index (χ2n) is 1.94. The number of hydrogen-bond donors (Lipinski definition) is 0. The Morgan fingerprint density at radius 1 is 1.25 bits per heavy atom. The van der Waals surface area contributed by atoms with Crippen LogP contribution in [0.15, 0.2) is 35.2 Å². The second kappa shape index (κ2) is 7.26. The van der Waals surface area contributed by atoms with E-state index < -0.39 is 0 Å². The molecule has 12 heavy (non-hydrogen) atoms. The number of rotatable bonds is 2. The van der Waals surface area contributed by atoms with Crippen LogP contribution in [0.2, 0.25) is 0 Å². The molecule has 56 valence electrons. The number of benzene rings is 1. The van der Waals surface area contributed by atoms with Gasteiger partial charge < -0.3 is 5.92 Å². The Balaban J connectivity index is 0.00000121. The van der Waals surface area contributed by atoms with Crippen molar-refractivity contribution in [2.24, 2.45) is 0 Å². The third-order valence-electron chi connectivity index (χ3n) is 1.14. The molecule has 2 heteroatoms. The molecular weight excluding hydrogens is 159 g/mol. The van der Waals surface area contributed by atoms with Gasteiger partial charge in [0.1, 0.15) is 0 Å². The zero-order chi connectivity index (χ0) is 7.94. The summed E-state index contributed by atoms with van der Waals surface area (Å²) in [4.78, 5) is 1.23. The molecule has 1 aromatic carbocycles. The fourth-order valence-electron chi connectivity index (χ4n) is 0.655. The minimum atomic E-state index is 0. The van der Waals surface area contributed by atoms with Crippen molar-refractivity contribution in [2.45, 2.75) is 11.8 Å². The van der Waals surface area contributed by atoms with Crippen molar-refractivity contribution in [3.63, 3.8) is 0 Å². The first-order valence-electron chi connectivity index (χ1n) is 3.39. The molecule has 1 aromatic rings. The van der Waals surface area contributed by atoms with Gasteiger partial charge in [-0.2, -0.15) is 11.8 Å². The van der Waals surface area contributed by atoms with E-state index in [0.717, 1.165) is 0 Å². The first-order chi connectivity index (χ1) is 5.43. The van der Waals surface area contributed by atoms with Crippen LogP contribution in [0.3, 0.4) is 0 Å². The van der Waals surface area contributed by atoms with Crippen LogP contribution in [0, 0.1) is 17.6 Å². The molecule has 0 bridgehead atoms. The van der Waals surface area contributed by atoms with Gasteiger partial charge in [0.15, 0.2) is 0 Å². The van der Waals surface area contributed by atoms with Gasteiger partial charge in [0.2, 0.25) is 0 Å². The Labute approximate surface area is 90.3 Å². The van der Waals surface area contributed by atoms with E-state index in [0.29, 0.717) is 0 Å². The summed E-state index contributed by atoms with van der Waals surface area (Å²) in [6, 6.07) is 10.2. The molecule has 0 aliphatic carbocycles. The average molecular weight is 168 g/mol. The van der Waals surface area contributed by atoms with E-state index in [9.17, 15) is 0 Å². The SMILES string of the molecule is CC#C[CH-]Sc1ccccc1.[Li+]. The van der Waals surface area contributed by atoms with Gasteiger partial charge in [-0.3, -0.25) is 5.92 Å². The third kappa shape index (κ3) is 4.47. The number of thioether (sulfide) groups is 1. The monoisotopic (exact) mass is 168 g/mol. The summed E-state index contributed by atoms with van der Waals surface area (Å²) in [5, 5.41) is 0. The Hall–Kier alpha value is -0.403. The fraction of sp³-hybridized carbons (Fsp3) is 0.100. The van der Waals surface area contributed by atoms with Gasteiger partial charge in [0.25, 0.3) is 0 Å². The Morgan fingerprint density at radius 2 is 1.92 bits per heavy atom. The Morgan fingerprint density at radius 3 is 2.50 bits per heavy atom. The average Bonchev–Trinajstić information content (AvgIpc) is 2.07. The van der Waals surface area contributed by atoms with Crippen molar-refractivity contribution in [3.05, 3.63) is 36.1 Å². The molecule has 0 spiro atoms. The smallest absolute Gasteiger partial charge is 0.330 e. The first-order valence-corrected chi connectivity index (χ1v) is 4.27. The van der Waals surface area contributed by atoms with E-state index in [-0.39, 0.29) is 18.9 Å². The van der Waals surface area contributed by atoms with Gasteiger partial charge in [-0.15, -0.1) is 5.75 Å². The summed E-state index contributed by atoms with van der Waals surface area (Å²) in [5.41, 5.74) is 0. The molecule has 1 rings (SSSR count). The summed E-state index contributed by atoms with van der Waals surface area (Å²) in [6.07, 6.45) is 0. The van der Waals surface area contributed by atoms with Crippen molar-refractivity contribution >= 4 is 11.8 Å². The maximum Gasteiger partial charge on any atom is 1.00 e. The van der Waals surface area contributed by atoms with Gasteiger partial charge in [-0.05, 0) is 17.0 Å². The van der Waals surface area contributed by atoms with Crippen LogP contribution < -0.4 is 18.9 Å². The third-order valence-corrected chi connectivity index (χ3v) is 1.92. The molecule has 0 nitrogen and oxygen atoms in total. The Kier molecular flexibility index (Phi) is 7.01. The van der Waals surface area contributed by atoms with Crippen LogP contribution >= 0.6 is 11.8 Å². The van der Waals surface area contributed by atoms with E-state index in [2.05, 4.69) is 24.0 Å². The molecule has 0 radical (unpaired) electrons. The summed E-state index contributed by atoms with van der Waals surface area (Å²) in [6.45, 7) is 1.84. The summed E-state index contributed by atoms with van der Waals surface area (Å²) in [7, 11) is 0. The molecule has 0 atom stereocenters. The van der Waals surface area contributed by atoms with Gasteiger partial charge in [0, 0.05) is 0 Å². The van der Waals surface area contributed by atoms with Crippen molar-refractivity contribution in [1.29, 1.82) is 0 Å². The number of hydrogen-bond acceptors (Lipinski definition) is 1. The van der Waals surface area contributed by atoms with Crippen molar-refractivity contribution in [2.75, 3.05) is 0 Å². The maximum atomic E-state index is 2.88. The minimum absolute atomic E-state index is 0. The van der Waals surface area contributed by atoms with Crippen LogP contribution in [0.1, 0.15) is 6.92 Å². The van der Waals surface area contributed by atoms with Gasteiger partial charge in [-0.1, -0.05) is 25.1 Å². The molecule has 0 saturated heterocycles. The van der Waals surface area contributed by atoms with E-state index in [1.165, 1.54) is 4.90 Å². The van der Waals surface area contributed by atoms with E-state index in [1.807, 2.05) is 30.9 Å². The molecule has 0 aliphatic rings. The Bertz CT molecular complexity index is 258. The van der Waals surface area contributed by atoms with Crippen molar-refractivity contribution < 1.29 is 18.9 Å². The van der Waals surface area contributed by atoms with Crippen LogP contribution in [0.5, 0.6) is 0 Å². The minimum Gasteiger partial charge on any atom is -0.330 e. The fourth-order valence-corrected chi connectivity index (χ4v) is 1.28. The van der Waals surface area contributed by atoms with Crippen LogP contribution in [-0.2, 0) is 0 Å². The topological polar surface area (TPSA) is 0 Å². The molecule has 0 aliphatic heterocycles. The molecular formula is C10H9LiS. The van der Waals surface area contributed by atoms with Crippen LogP contribution in [0.25, 0.3) is 0 Å². The predicted octanol–water partition coefficient (Wildman–Crippen LogP) is -0.0322.